The van der Waals surface area contributed by atoms with Crippen LogP contribution < -0.4 is 0 Å². The van der Waals surface area contributed by atoms with Crippen LogP contribution in [0, 0.1) is 0 Å². The van der Waals surface area contributed by atoms with Gasteiger partial charge in [0.05, 0.1) is 6.61 Å². The summed E-state index contributed by atoms with van der Waals surface area (Å²) in [6, 6.07) is 0. The van der Waals surface area contributed by atoms with Gasteiger partial charge in [0.15, 0.2) is 24.6 Å². The molecule has 1 heterocycles. The quantitative estimate of drug-likeness (QED) is 0.0228. The van der Waals surface area contributed by atoms with E-state index in [2.05, 4.69) is 112 Å². The Bertz CT molecular complexity index is 1640. The molecule has 0 aromatic carbocycles. The normalized spacial score (nSPS) is 19.1. The third-order valence-corrected chi connectivity index (χ3v) is 12.2. The summed E-state index contributed by atoms with van der Waals surface area (Å²) >= 11 is 0. The fourth-order valence-corrected chi connectivity index (χ4v) is 7.89. The molecule has 12 heteroatoms. The number of ether oxygens (including phenoxy) is 5. The minimum absolute atomic E-state index is 0.0403. The van der Waals surface area contributed by atoms with Crippen LogP contribution in [0.25, 0.3) is 0 Å². The van der Waals surface area contributed by atoms with Gasteiger partial charge >= 0.3 is 23.9 Å². The van der Waals surface area contributed by atoms with E-state index in [9.17, 15) is 34.5 Å². The van der Waals surface area contributed by atoms with E-state index in [4.69, 9.17) is 23.7 Å². The van der Waals surface area contributed by atoms with Gasteiger partial charge in [-0.05, 0) is 89.9 Å². The number of aliphatic hydroxyl groups excluding tert-OH is 2. The van der Waals surface area contributed by atoms with Crippen molar-refractivity contribution in [3.63, 3.8) is 0 Å². The lowest BCUT2D eigenvalue weighted by Crippen LogP contribution is -2.61. The molecular formula is C61H98O12. The highest BCUT2D eigenvalue weighted by molar-refractivity contribution is 5.74. The largest absolute Gasteiger partial charge is 0.479 e. The molecule has 1 fully saturated rings. The number of allylic oxidation sites excluding steroid dienone is 16. The first-order valence-electron chi connectivity index (χ1n) is 28.2. The maximum Gasteiger partial charge on any atom is 0.335 e. The zero-order valence-electron chi connectivity index (χ0n) is 45.3. The molecule has 0 amide bonds. The van der Waals surface area contributed by atoms with Crippen molar-refractivity contribution in [2.75, 3.05) is 13.2 Å². The fraction of sp³-hybridized carbons (Fsp3) is 0.672. The van der Waals surface area contributed by atoms with Gasteiger partial charge in [0.2, 0.25) is 0 Å². The van der Waals surface area contributed by atoms with Crippen LogP contribution in [0.15, 0.2) is 97.2 Å². The number of unbranched alkanes of at least 4 members (excludes halogenated alkanes) is 16. The van der Waals surface area contributed by atoms with Crippen LogP contribution in [-0.4, -0.2) is 89.2 Å². The van der Waals surface area contributed by atoms with Gasteiger partial charge in [0.25, 0.3) is 0 Å². The van der Waals surface area contributed by atoms with Crippen LogP contribution in [0.1, 0.15) is 213 Å². The fourth-order valence-electron chi connectivity index (χ4n) is 7.89. The van der Waals surface area contributed by atoms with Gasteiger partial charge in [0.1, 0.15) is 18.8 Å². The number of carbonyl (C=O) groups excluding carboxylic acids is 3. The first-order valence-corrected chi connectivity index (χ1v) is 28.2. The van der Waals surface area contributed by atoms with Crippen molar-refractivity contribution in [1.82, 2.24) is 0 Å². The number of carboxylic acids is 1. The van der Waals surface area contributed by atoms with Crippen molar-refractivity contribution in [3.8, 4) is 0 Å². The maximum absolute atomic E-state index is 13.0. The Hall–Kier alpha value is -4.36. The second-order valence-electron chi connectivity index (χ2n) is 18.8. The number of esters is 3. The summed E-state index contributed by atoms with van der Waals surface area (Å²) in [6.07, 6.45) is 51.1. The van der Waals surface area contributed by atoms with Crippen molar-refractivity contribution in [2.45, 2.75) is 250 Å². The zero-order valence-corrected chi connectivity index (χ0v) is 45.3. The Morgan fingerprint density at radius 2 is 0.877 bits per heavy atom. The molecule has 6 atom stereocenters. The lowest BCUT2D eigenvalue weighted by molar-refractivity contribution is -0.301. The summed E-state index contributed by atoms with van der Waals surface area (Å²) in [6.45, 7) is 5.67. The first kappa shape index (κ1) is 66.7. The first-order chi connectivity index (χ1) is 35.6. The van der Waals surface area contributed by atoms with Crippen molar-refractivity contribution in [1.29, 1.82) is 0 Å². The van der Waals surface area contributed by atoms with Gasteiger partial charge in [-0.25, -0.2) is 4.79 Å². The molecule has 1 aliphatic rings. The van der Waals surface area contributed by atoms with Gasteiger partial charge in [-0.2, -0.15) is 0 Å². The van der Waals surface area contributed by atoms with Crippen LogP contribution in [0.5, 0.6) is 0 Å². The summed E-state index contributed by atoms with van der Waals surface area (Å²) in [5, 5.41) is 31.4. The Morgan fingerprint density at radius 3 is 1.36 bits per heavy atom. The highest BCUT2D eigenvalue weighted by Crippen LogP contribution is 2.26. The van der Waals surface area contributed by atoms with Crippen LogP contribution >= 0.6 is 0 Å². The highest BCUT2D eigenvalue weighted by Gasteiger charge is 2.50. The second kappa shape index (κ2) is 48.6. The molecule has 12 nitrogen and oxygen atoms in total. The van der Waals surface area contributed by atoms with E-state index < -0.39 is 67.3 Å². The predicted octanol–water partition coefficient (Wildman–Crippen LogP) is 14.1. The minimum Gasteiger partial charge on any atom is -0.479 e. The number of carbonyl (C=O) groups is 4. The average molecular weight is 1020 g/mol. The van der Waals surface area contributed by atoms with Crippen molar-refractivity contribution in [2.24, 2.45) is 0 Å². The third-order valence-electron chi connectivity index (χ3n) is 12.2. The molecular weight excluding hydrogens is 925 g/mol. The summed E-state index contributed by atoms with van der Waals surface area (Å²) in [4.78, 5) is 50.9. The van der Waals surface area contributed by atoms with Gasteiger partial charge in [-0.15, -0.1) is 0 Å². The highest BCUT2D eigenvalue weighted by atomic mass is 16.7. The Balaban J connectivity index is 2.70. The lowest BCUT2D eigenvalue weighted by Gasteiger charge is -2.40. The van der Waals surface area contributed by atoms with Crippen molar-refractivity contribution < 1.29 is 58.2 Å². The molecule has 0 aromatic heterocycles. The molecule has 0 bridgehead atoms. The van der Waals surface area contributed by atoms with E-state index in [0.717, 1.165) is 116 Å². The van der Waals surface area contributed by atoms with E-state index in [1.807, 2.05) is 6.08 Å². The Labute approximate surface area is 441 Å². The minimum atomic E-state index is -1.92. The molecule has 1 rings (SSSR count). The zero-order chi connectivity index (χ0) is 53.3. The SMILES string of the molecule is CC/C=C\C/C=C\C/C=C\C/C=C\C/C=C\CCCC(=O)OCC(COC1OC(C(=O)O)C(O)C(O)C1OC(=O)CCCCCCCCC/C=C\C/C=C\C/C=C\CC)OC(=O)CCCCCCCCCCC. The van der Waals surface area contributed by atoms with Gasteiger partial charge in [-0.3, -0.25) is 14.4 Å². The van der Waals surface area contributed by atoms with Crippen LogP contribution in [0.2, 0.25) is 0 Å². The van der Waals surface area contributed by atoms with Crippen LogP contribution in [-0.2, 0) is 42.9 Å². The number of aliphatic hydroxyl groups is 2. The van der Waals surface area contributed by atoms with Crippen molar-refractivity contribution >= 4 is 23.9 Å². The molecule has 1 saturated heterocycles. The Morgan fingerprint density at radius 1 is 0.466 bits per heavy atom. The molecule has 1 aliphatic heterocycles. The van der Waals surface area contributed by atoms with E-state index in [1.165, 1.54) is 32.1 Å². The van der Waals surface area contributed by atoms with E-state index in [-0.39, 0.29) is 25.9 Å². The topological polar surface area (TPSA) is 175 Å². The molecule has 0 radical (unpaired) electrons. The predicted molar refractivity (Wildman–Crippen MR) is 294 cm³/mol. The van der Waals surface area contributed by atoms with Crippen LogP contribution in [0.4, 0.5) is 0 Å². The van der Waals surface area contributed by atoms with Crippen molar-refractivity contribution in [3.05, 3.63) is 97.2 Å². The number of rotatable bonds is 46. The maximum atomic E-state index is 13.0. The van der Waals surface area contributed by atoms with Gasteiger partial charge < -0.3 is 39.0 Å². The van der Waals surface area contributed by atoms with Crippen LogP contribution in [0.3, 0.4) is 0 Å². The Kier molecular flexibility index (Phi) is 44.4. The number of hydrogen-bond acceptors (Lipinski definition) is 11. The summed E-state index contributed by atoms with van der Waals surface area (Å²) in [5.41, 5.74) is 0. The monoisotopic (exact) mass is 1020 g/mol. The summed E-state index contributed by atoms with van der Waals surface area (Å²) in [7, 11) is 0. The standard InChI is InChI=1S/C61H98O12/c1-4-7-10-13-16-19-21-23-25-27-29-31-33-36-38-41-44-47-53(62)69-50-52(71-54(63)48-45-42-39-35-18-15-12-9-6-3)51-70-61-59(57(66)56(65)58(73-61)60(67)68)72-55(64)49-46-43-40-37-34-32-30-28-26-24-22-20-17-14-11-8-5-2/h7-8,10-11,16-17,19-20,23-26,29,31,36,38,52,56-59,61,65-66H,4-6,9,12-15,18,21-22,27-28,30,32-35,37,39-51H2,1-3H3,(H,67,68)/b10-7-,11-8-,19-16-,20-17-,25-23-,26-24-,31-29-,38-36-. The molecule has 3 N–H and O–H groups in total. The summed E-state index contributed by atoms with van der Waals surface area (Å²) < 4.78 is 28.3. The molecule has 73 heavy (non-hydrogen) atoms. The second-order valence-corrected chi connectivity index (χ2v) is 18.8. The smallest absolute Gasteiger partial charge is 0.335 e. The van der Waals surface area contributed by atoms with Gasteiger partial charge in [0, 0.05) is 19.3 Å². The van der Waals surface area contributed by atoms with Gasteiger partial charge in [-0.1, -0.05) is 201 Å². The molecule has 6 unspecified atom stereocenters. The molecule has 0 aromatic rings. The molecule has 0 aliphatic carbocycles. The van der Waals surface area contributed by atoms with E-state index in [0.29, 0.717) is 25.7 Å². The molecule has 414 valence electrons. The molecule has 0 spiro atoms. The molecule has 0 saturated carbocycles. The average Bonchev–Trinajstić information content (AvgIpc) is 3.37. The summed E-state index contributed by atoms with van der Waals surface area (Å²) in [5.74, 6) is -3.22. The number of carboxylic acid groups (broad SMARTS) is 1. The van der Waals surface area contributed by atoms with E-state index >= 15 is 0 Å². The lowest BCUT2D eigenvalue weighted by atomic mass is 9.98. The third kappa shape index (κ3) is 38.8. The number of aliphatic carboxylic acids is 1. The van der Waals surface area contributed by atoms with E-state index in [1.54, 1.807) is 0 Å². The number of hydrogen-bond donors (Lipinski definition) is 3.